The molecule has 0 radical (unpaired) electrons. The summed E-state index contributed by atoms with van der Waals surface area (Å²) in [4.78, 5) is 29.1. The Bertz CT molecular complexity index is 638. The maximum atomic E-state index is 12.7. The zero-order valence-electron chi connectivity index (χ0n) is 16.5. The highest BCUT2D eigenvalue weighted by molar-refractivity contribution is 5.92. The molecule has 27 heavy (non-hydrogen) atoms. The Morgan fingerprint density at radius 2 is 2.00 bits per heavy atom. The number of amides is 3. The van der Waals surface area contributed by atoms with Crippen molar-refractivity contribution in [2.24, 2.45) is 5.92 Å². The fourth-order valence-corrected chi connectivity index (χ4v) is 3.85. The fourth-order valence-electron chi connectivity index (χ4n) is 3.85. The summed E-state index contributed by atoms with van der Waals surface area (Å²) in [5, 5.41) is 10.4. The maximum Gasteiger partial charge on any atom is 0.317 e. The Kier molecular flexibility index (Phi) is 6.71. The second-order valence-corrected chi connectivity index (χ2v) is 7.95. The van der Waals surface area contributed by atoms with Crippen molar-refractivity contribution >= 4 is 17.8 Å². The van der Waals surface area contributed by atoms with Crippen molar-refractivity contribution in [3.8, 4) is 0 Å². The Hall–Kier alpha value is -2.09. The summed E-state index contributed by atoms with van der Waals surface area (Å²) in [6, 6.07) is 2.11. The van der Waals surface area contributed by atoms with Gasteiger partial charge in [-0.05, 0) is 39.8 Å². The highest BCUT2D eigenvalue weighted by atomic mass is 16.2. The van der Waals surface area contributed by atoms with Gasteiger partial charge in [-0.1, -0.05) is 12.8 Å². The first-order valence-corrected chi connectivity index (χ1v) is 10.1. The lowest BCUT2D eigenvalue weighted by atomic mass is 9.97. The van der Waals surface area contributed by atoms with Gasteiger partial charge in [0.15, 0.2) is 0 Å². The van der Waals surface area contributed by atoms with Gasteiger partial charge in [0.2, 0.25) is 5.91 Å². The van der Waals surface area contributed by atoms with E-state index in [1.807, 2.05) is 24.8 Å². The number of urea groups is 1. The molecule has 1 aliphatic carbocycles. The predicted molar refractivity (Wildman–Crippen MR) is 104 cm³/mol. The van der Waals surface area contributed by atoms with E-state index in [9.17, 15) is 9.59 Å². The van der Waals surface area contributed by atoms with Crippen molar-refractivity contribution in [3.05, 3.63) is 12.3 Å². The molecule has 2 aliphatic rings. The number of aromatic nitrogens is 2. The molecule has 2 fully saturated rings. The van der Waals surface area contributed by atoms with Crippen LogP contribution in [0.3, 0.4) is 0 Å². The first-order valence-electron chi connectivity index (χ1n) is 10.1. The molecular weight excluding hydrogens is 344 g/mol. The molecule has 1 atom stereocenters. The van der Waals surface area contributed by atoms with Crippen LogP contribution in [-0.4, -0.2) is 71.3 Å². The Labute approximate surface area is 161 Å². The fraction of sp³-hybridized carbons (Fsp3) is 0.737. The third-order valence-corrected chi connectivity index (χ3v) is 5.49. The highest BCUT2D eigenvalue weighted by Crippen LogP contribution is 2.21. The van der Waals surface area contributed by atoms with Gasteiger partial charge in [0, 0.05) is 31.7 Å². The lowest BCUT2D eigenvalue weighted by molar-refractivity contribution is -0.121. The van der Waals surface area contributed by atoms with Crippen LogP contribution in [0.2, 0.25) is 0 Å². The number of anilines is 1. The lowest BCUT2D eigenvalue weighted by Crippen LogP contribution is -2.50. The largest absolute Gasteiger partial charge is 0.335 e. The maximum absolute atomic E-state index is 12.7. The monoisotopic (exact) mass is 376 g/mol. The van der Waals surface area contributed by atoms with E-state index in [2.05, 4.69) is 20.6 Å². The molecule has 1 saturated carbocycles. The molecule has 2 heterocycles. The summed E-state index contributed by atoms with van der Waals surface area (Å²) >= 11 is 0. The minimum Gasteiger partial charge on any atom is -0.335 e. The summed E-state index contributed by atoms with van der Waals surface area (Å²) in [7, 11) is 4.02. The van der Waals surface area contributed by atoms with Gasteiger partial charge < -0.3 is 20.4 Å². The zero-order valence-corrected chi connectivity index (χ0v) is 16.5. The van der Waals surface area contributed by atoms with Gasteiger partial charge in [-0.25, -0.2) is 9.48 Å². The molecule has 1 unspecified atom stereocenters. The molecule has 1 aromatic heterocycles. The van der Waals surface area contributed by atoms with E-state index in [-0.39, 0.29) is 17.9 Å². The Balaban J connectivity index is 1.52. The number of piperidine rings is 1. The summed E-state index contributed by atoms with van der Waals surface area (Å²) in [5.41, 5.74) is 0. The Morgan fingerprint density at radius 1 is 1.22 bits per heavy atom. The molecule has 0 spiro atoms. The van der Waals surface area contributed by atoms with Crippen molar-refractivity contribution in [2.75, 3.05) is 39.0 Å². The number of carbonyl (C=O) groups excluding carboxylic acids is 2. The molecular formula is C19H32N6O2. The van der Waals surface area contributed by atoms with E-state index in [1.54, 1.807) is 11.1 Å². The number of hydrogen-bond acceptors (Lipinski definition) is 4. The molecule has 1 aromatic rings. The van der Waals surface area contributed by atoms with E-state index < -0.39 is 0 Å². The summed E-state index contributed by atoms with van der Waals surface area (Å²) in [6.07, 6.45) is 7.89. The van der Waals surface area contributed by atoms with Crippen molar-refractivity contribution in [1.82, 2.24) is 24.9 Å². The molecule has 1 aliphatic heterocycles. The Morgan fingerprint density at radius 3 is 2.74 bits per heavy atom. The SMILES string of the molecule is CN(C)CCn1nccc1NC(=O)C1CCCN(C(=O)NC2CCCC2)C1. The average molecular weight is 377 g/mol. The van der Waals surface area contributed by atoms with Crippen LogP contribution in [0.1, 0.15) is 38.5 Å². The molecule has 8 heteroatoms. The van der Waals surface area contributed by atoms with E-state index in [0.29, 0.717) is 12.6 Å². The molecule has 8 nitrogen and oxygen atoms in total. The third-order valence-electron chi connectivity index (χ3n) is 5.49. The van der Waals surface area contributed by atoms with Crippen LogP contribution in [0.25, 0.3) is 0 Å². The van der Waals surface area contributed by atoms with Gasteiger partial charge >= 0.3 is 6.03 Å². The number of nitrogens with zero attached hydrogens (tertiary/aromatic N) is 4. The number of hydrogen-bond donors (Lipinski definition) is 2. The second-order valence-electron chi connectivity index (χ2n) is 7.95. The molecule has 3 amide bonds. The van der Waals surface area contributed by atoms with Gasteiger partial charge in [0.1, 0.15) is 5.82 Å². The number of rotatable bonds is 6. The van der Waals surface area contributed by atoms with Gasteiger partial charge in [0.05, 0.1) is 18.7 Å². The molecule has 2 N–H and O–H groups in total. The normalized spacial score (nSPS) is 20.9. The standard InChI is InChI=1S/C19H32N6O2/c1-23(2)12-13-25-17(9-10-20-25)22-18(26)15-6-5-11-24(14-15)19(27)21-16-7-3-4-8-16/h9-10,15-16H,3-8,11-14H2,1-2H3,(H,21,27)(H,22,26). The van der Waals surface area contributed by atoms with Crippen LogP contribution in [0.4, 0.5) is 10.6 Å². The lowest BCUT2D eigenvalue weighted by Gasteiger charge is -2.33. The topological polar surface area (TPSA) is 82.5 Å². The van der Waals surface area contributed by atoms with Crippen LogP contribution in [0, 0.1) is 5.92 Å². The predicted octanol–water partition coefficient (Wildman–Crippen LogP) is 1.75. The first-order chi connectivity index (χ1) is 13.0. The first kappa shape index (κ1) is 19.7. The minimum absolute atomic E-state index is 0.0181. The van der Waals surface area contributed by atoms with Gasteiger partial charge in [-0.2, -0.15) is 5.10 Å². The molecule has 0 aromatic carbocycles. The average Bonchev–Trinajstić information content (AvgIpc) is 3.32. The van der Waals surface area contributed by atoms with Crippen LogP contribution in [0.15, 0.2) is 12.3 Å². The van der Waals surface area contributed by atoms with E-state index in [0.717, 1.165) is 51.1 Å². The van der Waals surface area contributed by atoms with Crippen molar-refractivity contribution in [3.63, 3.8) is 0 Å². The third kappa shape index (κ3) is 5.45. The van der Waals surface area contributed by atoms with E-state index in [1.165, 1.54) is 12.8 Å². The van der Waals surface area contributed by atoms with Crippen LogP contribution in [-0.2, 0) is 11.3 Å². The van der Waals surface area contributed by atoms with E-state index in [4.69, 9.17) is 0 Å². The molecule has 1 saturated heterocycles. The zero-order chi connectivity index (χ0) is 19.2. The highest BCUT2D eigenvalue weighted by Gasteiger charge is 2.30. The van der Waals surface area contributed by atoms with Crippen molar-refractivity contribution < 1.29 is 9.59 Å². The van der Waals surface area contributed by atoms with Crippen LogP contribution >= 0.6 is 0 Å². The molecule has 3 rings (SSSR count). The minimum atomic E-state index is -0.176. The summed E-state index contributed by atoms with van der Waals surface area (Å²) in [5.74, 6) is 0.514. The molecule has 0 bridgehead atoms. The number of carbonyl (C=O) groups is 2. The number of nitrogens with one attached hydrogen (secondary N) is 2. The van der Waals surface area contributed by atoms with Crippen LogP contribution < -0.4 is 10.6 Å². The van der Waals surface area contributed by atoms with E-state index >= 15 is 0 Å². The number of likely N-dealkylation sites (N-methyl/N-ethyl adjacent to an activating group) is 1. The second kappa shape index (κ2) is 9.21. The summed E-state index contributed by atoms with van der Waals surface area (Å²) < 4.78 is 1.81. The smallest absolute Gasteiger partial charge is 0.317 e. The van der Waals surface area contributed by atoms with Crippen LogP contribution in [0.5, 0.6) is 0 Å². The van der Waals surface area contributed by atoms with Gasteiger partial charge in [-0.3, -0.25) is 4.79 Å². The van der Waals surface area contributed by atoms with Gasteiger partial charge in [0.25, 0.3) is 0 Å². The number of likely N-dealkylation sites (tertiary alicyclic amines) is 1. The quantitative estimate of drug-likeness (QED) is 0.792. The van der Waals surface area contributed by atoms with Crippen molar-refractivity contribution in [1.29, 1.82) is 0 Å². The molecule has 150 valence electrons. The summed E-state index contributed by atoms with van der Waals surface area (Å²) in [6.45, 7) is 2.78. The van der Waals surface area contributed by atoms with Gasteiger partial charge in [-0.15, -0.1) is 0 Å². The van der Waals surface area contributed by atoms with Crippen molar-refractivity contribution in [2.45, 2.75) is 51.1 Å².